The zero-order valence-corrected chi connectivity index (χ0v) is 13.5. The maximum atomic E-state index is 12.0. The van der Waals surface area contributed by atoms with E-state index >= 15 is 0 Å². The van der Waals surface area contributed by atoms with E-state index < -0.39 is 0 Å². The van der Waals surface area contributed by atoms with Gasteiger partial charge in [-0.3, -0.25) is 4.79 Å². The van der Waals surface area contributed by atoms with Gasteiger partial charge in [-0.25, -0.2) is 0 Å². The minimum absolute atomic E-state index is 0.0382. The van der Waals surface area contributed by atoms with Gasteiger partial charge in [0.05, 0.1) is 5.25 Å². The summed E-state index contributed by atoms with van der Waals surface area (Å²) in [6.45, 7) is 7.82. The Balaban J connectivity index is 2.69. The Kier molecular flexibility index (Phi) is 5.10. The van der Waals surface area contributed by atoms with Crippen molar-refractivity contribution in [3.63, 3.8) is 0 Å². The molecule has 1 aromatic carbocycles. The van der Waals surface area contributed by atoms with Crippen LogP contribution in [0.25, 0.3) is 0 Å². The molecule has 100 valence electrons. The number of halogens is 1. The van der Waals surface area contributed by atoms with Gasteiger partial charge in [0.25, 0.3) is 0 Å². The third-order valence-corrected chi connectivity index (χ3v) is 4.22. The molecule has 0 bridgehead atoms. The molecule has 1 unspecified atom stereocenters. The summed E-state index contributed by atoms with van der Waals surface area (Å²) in [5, 5.41) is 2.82. The summed E-state index contributed by atoms with van der Waals surface area (Å²) in [6.07, 6.45) is 0. The van der Waals surface area contributed by atoms with E-state index in [1.54, 1.807) is 0 Å². The summed E-state index contributed by atoms with van der Waals surface area (Å²) < 4.78 is 0.919. The molecule has 1 rings (SSSR count). The van der Waals surface area contributed by atoms with Crippen molar-refractivity contribution in [3.8, 4) is 0 Å². The molecule has 3 nitrogen and oxygen atoms in total. The second-order valence-corrected chi connectivity index (χ2v) is 7.43. The molecule has 0 aliphatic heterocycles. The van der Waals surface area contributed by atoms with Gasteiger partial charge >= 0.3 is 0 Å². The van der Waals surface area contributed by atoms with Crippen molar-refractivity contribution in [1.29, 1.82) is 0 Å². The van der Waals surface area contributed by atoms with Crippen molar-refractivity contribution in [2.45, 2.75) is 43.4 Å². The smallest absolute Gasteiger partial charge is 0.233 e. The highest BCUT2D eigenvalue weighted by atomic mass is 79.9. The molecule has 0 radical (unpaired) electrons. The van der Waals surface area contributed by atoms with Crippen LogP contribution in [0.1, 0.15) is 27.7 Å². The van der Waals surface area contributed by atoms with Gasteiger partial charge in [0.1, 0.15) is 0 Å². The molecular formula is C13H19BrN2OS. The molecule has 1 amide bonds. The van der Waals surface area contributed by atoms with Gasteiger partial charge in [0, 0.05) is 20.6 Å². The zero-order chi connectivity index (χ0) is 13.9. The predicted octanol–water partition coefficient (Wildman–Crippen LogP) is 3.43. The van der Waals surface area contributed by atoms with Crippen LogP contribution in [-0.2, 0) is 4.79 Å². The number of carbonyl (C=O) groups is 1. The molecular weight excluding hydrogens is 312 g/mol. The van der Waals surface area contributed by atoms with E-state index in [0.29, 0.717) is 5.69 Å². The highest BCUT2D eigenvalue weighted by Gasteiger charge is 2.20. The van der Waals surface area contributed by atoms with Crippen LogP contribution in [0.3, 0.4) is 0 Å². The van der Waals surface area contributed by atoms with Gasteiger partial charge in [-0.15, -0.1) is 11.8 Å². The average molecular weight is 331 g/mol. The maximum Gasteiger partial charge on any atom is 0.233 e. The van der Waals surface area contributed by atoms with Crippen LogP contribution >= 0.6 is 27.7 Å². The lowest BCUT2D eigenvalue weighted by molar-refractivity contribution is -0.121. The van der Waals surface area contributed by atoms with Gasteiger partial charge in [0.2, 0.25) is 5.91 Å². The number of rotatable bonds is 3. The summed E-state index contributed by atoms with van der Waals surface area (Å²) in [5.74, 6) is 0.0382. The zero-order valence-electron chi connectivity index (χ0n) is 11.1. The summed E-state index contributed by atoms with van der Waals surface area (Å²) in [7, 11) is 0. The molecule has 0 heterocycles. The summed E-state index contributed by atoms with van der Waals surface area (Å²) in [5.41, 5.74) is 6.19. The number of anilines is 1. The Morgan fingerprint density at radius 1 is 1.44 bits per heavy atom. The normalized spacial score (nSPS) is 13.2. The van der Waals surface area contributed by atoms with Gasteiger partial charge < -0.3 is 11.1 Å². The van der Waals surface area contributed by atoms with Crippen molar-refractivity contribution < 1.29 is 4.79 Å². The third kappa shape index (κ3) is 4.90. The lowest BCUT2D eigenvalue weighted by atomic mass is 10.1. The van der Waals surface area contributed by atoms with Crippen LogP contribution < -0.4 is 11.1 Å². The van der Waals surface area contributed by atoms with Crippen LogP contribution in [0.4, 0.5) is 5.69 Å². The van der Waals surface area contributed by atoms with Gasteiger partial charge in [-0.05, 0) is 61.8 Å². The van der Waals surface area contributed by atoms with Crippen molar-refractivity contribution in [2.75, 3.05) is 5.73 Å². The third-order valence-electron chi connectivity index (χ3n) is 2.13. The Morgan fingerprint density at radius 2 is 2.06 bits per heavy atom. The topological polar surface area (TPSA) is 55.1 Å². The molecule has 18 heavy (non-hydrogen) atoms. The molecule has 3 N–H and O–H groups in total. The standard InChI is InChI=1S/C13H19BrN2OS/c1-8(12(17)16-13(2,3)4)18-11-6-5-9(15)7-10(11)14/h5-8H,15H2,1-4H3,(H,16,17). The number of carbonyl (C=O) groups excluding carboxylic acids is 1. The molecule has 0 fully saturated rings. The number of nitrogen functional groups attached to an aromatic ring is 1. The quantitative estimate of drug-likeness (QED) is 0.659. The average Bonchev–Trinajstić information content (AvgIpc) is 2.19. The summed E-state index contributed by atoms with van der Waals surface area (Å²) in [4.78, 5) is 13.0. The Bertz CT molecular complexity index is 443. The van der Waals surface area contributed by atoms with Crippen LogP contribution in [0.15, 0.2) is 27.6 Å². The number of benzene rings is 1. The summed E-state index contributed by atoms with van der Waals surface area (Å²) in [6, 6.07) is 5.60. The first-order valence-electron chi connectivity index (χ1n) is 5.73. The van der Waals surface area contributed by atoms with E-state index in [4.69, 9.17) is 5.73 Å². The van der Waals surface area contributed by atoms with E-state index in [0.717, 1.165) is 9.37 Å². The first-order chi connectivity index (χ1) is 8.19. The Labute approximate surface area is 121 Å². The predicted molar refractivity (Wildman–Crippen MR) is 81.8 cm³/mol. The van der Waals surface area contributed by atoms with Gasteiger partial charge in [-0.1, -0.05) is 0 Å². The molecule has 5 heteroatoms. The lowest BCUT2D eigenvalue weighted by Gasteiger charge is -2.23. The van der Waals surface area contributed by atoms with Crippen molar-refractivity contribution >= 4 is 39.3 Å². The Hall–Kier alpha value is -0.680. The number of nitrogens with one attached hydrogen (secondary N) is 1. The first kappa shape index (κ1) is 15.4. The number of hydrogen-bond donors (Lipinski definition) is 2. The monoisotopic (exact) mass is 330 g/mol. The first-order valence-corrected chi connectivity index (χ1v) is 7.40. The molecule has 0 aliphatic rings. The highest BCUT2D eigenvalue weighted by Crippen LogP contribution is 2.32. The minimum atomic E-state index is -0.204. The second-order valence-electron chi connectivity index (χ2n) is 5.19. The van der Waals surface area contributed by atoms with E-state index in [-0.39, 0.29) is 16.7 Å². The summed E-state index contributed by atoms with van der Waals surface area (Å²) >= 11 is 4.97. The van der Waals surface area contributed by atoms with Crippen molar-refractivity contribution in [1.82, 2.24) is 5.32 Å². The molecule has 0 saturated carbocycles. The van der Waals surface area contributed by atoms with Crippen LogP contribution in [0.5, 0.6) is 0 Å². The lowest BCUT2D eigenvalue weighted by Crippen LogP contribution is -2.44. The molecule has 1 aromatic rings. The minimum Gasteiger partial charge on any atom is -0.399 e. The molecule has 0 aliphatic carbocycles. The number of nitrogens with two attached hydrogens (primary N) is 1. The fourth-order valence-electron chi connectivity index (χ4n) is 1.33. The maximum absolute atomic E-state index is 12.0. The van der Waals surface area contributed by atoms with Gasteiger partial charge in [0.15, 0.2) is 0 Å². The van der Waals surface area contributed by atoms with Crippen molar-refractivity contribution in [3.05, 3.63) is 22.7 Å². The van der Waals surface area contributed by atoms with E-state index in [2.05, 4.69) is 21.2 Å². The van der Waals surface area contributed by atoms with Crippen LogP contribution in [0.2, 0.25) is 0 Å². The van der Waals surface area contributed by atoms with Crippen LogP contribution in [0, 0.1) is 0 Å². The highest BCUT2D eigenvalue weighted by molar-refractivity contribution is 9.10. The molecule has 0 saturated heterocycles. The second kappa shape index (κ2) is 5.97. The number of amides is 1. The fraction of sp³-hybridized carbons (Fsp3) is 0.462. The largest absolute Gasteiger partial charge is 0.399 e. The molecule has 1 atom stereocenters. The van der Waals surface area contributed by atoms with Gasteiger partial charge in [-0.2, -0.15) is 0 Å². The SMILES string of the molecule is CC(Sc1ccc(N)cc1Br)C(=O)NC(C)(C)C. The Morgan fingerprint density at radius 3 is 2.56 bits per heavy atom. The number of hydrogen-bond acceptors (Lipinski definition) is 3. The van der Waals surface area contributed by atoms with E-state index in [1.807, 2.05) is 45.9 Å². The fourth-order valence-corrected chi connectivity index (χ4v) is 2.87. The molecule has 0 spiro atoms. The molecule has 0 aromatic heterocycles. The number of thioether (sulfide) groups is 1. The van der Waals surface area contributed by atoms with E-state index in [1.165, 1.54) is 11.8 Å². The van der Waals surface area contributed by atoms with E-state index in [9.17, 15) is 4.79 Å². The van der Waals surface area contributed by atoms with Crippen molar-refractivity contribution in [2.24, 2.45) is 0 Å². The van der Waals surface area contributed by atoms with Crippen LogP contribution in [-0.4, -0.2) is 16.7 Å².